The van der Waals surface area contributed by atoms with E-state index in [1.54, 1.807) is 17.5 Å². The molecule has 22 heavy (non-hydrogen) atoms. The number of carbonyl (C=O) groups is 1. The molecule has 0 spiro atoms. The Morgan fingerprint density at radius 1 is 1.32 bits per heavy atom. The van der Waals surface area contributed by atoms with Crippen LogP contribution in [0, 0.1) is 11.8 Å². The fourth-order valence-electron chi connectivity index (χ4n) is 3.13. The lowest BCUT2D eigenvalue weighted by atomic mass is 9.92. The number of piperidine rings is 1. The highest BCUT2D eigenvalue weighted by Crippen LogP contribution is 2.24. The topological polar surface area (TPSA) is 46.1 Å². The largest absolute Gasteiger partial charge is 0.342 e. The van der Waals surface area contributed by atoms with Gasteiger partial charge in [-0.3, -0.25) is 9.78 Å². The Kier molecular flexibility index (Phi) is 4.52. The Bertz CT molecular complexity index is 630. The third-order valence-electron chi connectivity index (χ3n) is 3.99. The van der Waals surface area contributed by atoms with Gasteiger partial charge in [-0.25, -0.2) is 4.98 Å². The quantitative estimate of drug-likeness (QED) is 0.873. The van der Waals surface area contributed by atoms with Crippen LogP contribution in [0.15, 0.2) is 29.8 Å². The third kappa shape index (κ3) is 3.53. The first-order valence-electron chi connectivity index (χ1n) is 7.75. The molecule has 1 saturated heterocycles. The molecule has 1 aliphatic rings. The maximum absolute atomic E-state index is 12.5. The van der Waals surface area contributed by atoms with Crippen LogP contribution in [-0.2, 0) is 11.2 Å². The van der Waals surface area contributed by atoms with Crippen LogP contribution in [0.25, 0.3) is 10.7 Å². The Morgan fingerprint density at radius 3 is 2.77 bits per heavy atom. The first-order chi connectivity index (χ1) is 10.6. The third-order valence-corrected chi connectivity index (χ3v) is 4.90. The zero-order chi connectivity index (χ0) is 15.5. The predicted octanol–water partition coefficient (Wildman–Crippen LogP) is 3.25. The summed E-state index contributed by atoms with van der Waals surface area (Å²) in [6.07, 6.45) is 3.37. The number of likely N-dealkylation sites (tertiary alicyclic amines) is 1. The highest BCUT2D eigenvalue weighted by Gasteiger charge is 2.25. The van der Waals surface area contributed by atoms with Gasteiger partial charge in [0.15, 0.2) is 0 Å². The van der Waals surface area contributed by atoms with Crippen molar-refractivity contribution < 1.29 is 4.79 Å². The molecule has 2 aromatic heterocycles. The van der Waals surface area contributed by atoms with E-state index in [9.17, 15) is 4.79 Å². The van der Waals surface area contributed by atoms with E-state index in [1.807, 2.05) is 28.5 Å². The maximum atomic E-state index is 12.5. The predicted molar refractivity (Wildman–Crippen MR) is 88.6 cm³/mol. The van der Waals surface area contributed by atoms with E-state index in [0.29, 0.717) is 18.3 Å². The molecule has 0 unspecified atom stereocenters. The zero-order valence-corrected chi connectivity index (χ0v) is 13.8. The number of nitrogens with zero attached hydrogens (tertiary/aromatic N) is 3. The van der Waals surface area contributed by atoms with Crippen molar-refractivity contribution in [1.29, 1.82) is 0 Å². The minimum atomic E-state index is 0.191. The van der Waals surface area contributed by atoms with Gasteiger partial charge in [-0.15, -0.1) is 11.3 Å². The van der Waals surface area contributed by atoms with E-state index in [-0.39, 0.29) is 5.91 Å². The summed E-state index contributed by atoms with van der Waals surface area (Å²) in [7, 11) is 0. The number of amides is 1. The highest BCUT2D eigenvalue weighted by atomic mass is 32.1. The number of carbonyl (C=O) groups excluding carboxylic acids is 1. The van der Waals surface area contributed by atoms with Crippen LogP contribution in [0.4, 0.5) is 0 Å². The summed E-state index contributed by atoms with van der Waals surface area (Å²) < 4.78 is 0. The second-order valence-electron chi connectivity index (χ2n) is 6.28. The number of hydrogen-bond donors (Lipinski definition) is 0. The van der Waals surface area contributed by atoms with Crippen molar-refractivity contribution in [3.8, 4) is 10.7 Å². The smallest absolute Gasteiger partial charge is 0.228 e. The average molecular weight is 315 g/mol. The van der Waals surface area contributed by atoms with E-state index in [4.69, 9.17) is 0 Å². The number of hydrogen-bond acceptors (Lipinski definition) is 4. The molecule has 4 nitrogen and oxygen atoms in total. The monoisotopic (exact) mass is 315 g/mol. The molecule has 1 aliphatic heterocycles. The van der Waals surface area contributed by atoms with Crippen LogP contribution < -0.4 is 0 Å². The fourth-order valence-corrected chi connectivity index (χ4v) is 3.92. The summed E-state index contributed by atoms with van der Waals surface area (Å²) in [5.41, 5.74) is 1.72. The molecule has 0 aromatic carbocycles. The molecule has 1 amide bonds. The highest BCUT2D eigenvalue weighted by molar-refractivity contribution is 7.13. The Labute approximate surface area is 135 Å². The van der Waals surface area contributed by atoms with Crippen molar-refractivity contribution in [3.63, 3.8) is 0 Å². The summed E-state index contributed by atoms with van der Waals surface area (Å²) in [4.78, 5) is 23.3. The van der Waals surface area contributed by atoms with Crippen molar-refractivity contribution in [2.75, 3.05) is 13.1 Å². The van der Waals surface area contributed by atoms with E-state index < -0.39 is 0 Å². The standard InChI is InChI=1S/C17H21N3OS/c1-12-7-13(2)10-20(9-12)16(21)8-14-11-22-17(19-14)15-5-3-4-6-18-15/h3-6,11-13H,7-10H2,1-2H3/t12-,13+. The van der Waals surface area contributed by atoms with Crippen LogP contribution in [-0.4, -0.2) is 33.9 Å². The minimum absolute atomic E-state index is 0.191. The molecule has 116 valence electrons. The molecule has 3 rings (SSSR count). The molecule has 2 aromatic rings. The van der Waals surface area contributed by atoms with Gasteiger partial charge in [0.25, 0.3) is 0 Å². The summed E-state index contributed by atoms with van der Waals surface area (Å²) in [5, 5.41) is 2.85. The van der Waals surface area contributed by atoms with E-state index in [0.717, 1.165) is 29.5 Å². The van der Waals surface area contributed by atoms with Crippen LogP contribution >= 0.6 is 11.3 Å². The molecule has 0 bridgehead atoms. The number of pyridine rings is 1. The molecule has 1 fully saturated rings. The zero-order valence-electron chi connectivity index (χ0n) is 13.0. The Hall–Kier alpha value is -1.75. The average Bonchev–Trinajstić information content (AvgIpc) is 2.95. The second-order valence-corrected chi connectivity index (χ2v) is 7.14. The summed E-state index contributed by atoms with van der Waals surface area (Å²) >= 11 is 1.55. The Morgan fingerprint density at radius 2 is 2.09 bits per heavy atom. The van der Waals surface area contributed by atoms with Crippen molar-refractivity contribution in [1.82, 2.24) is 14.9 Å². The van der Waals surface area contributed by atoms with Gasteiger partial charge in [0.2, 0.25) is 5.91 Å². The molecular formula is C17H21N3OS. The minimum Gasteiger partial charge on any atom is -0.342 e. The molecule has 3 heterocycles. The van der Waals surface area contributed by atoms with Crippen molar-refractivity contribution >= 4 is 17.2 Å². The van der Waals surface area contributed by atoms with Gasteiger partial charge in [-0.1, -0.05) is 19.9 Å². The summed E-state index contributed by atoms with van der Waals surface area (Å²) in [5.74, 6) is 1.37. The van der Waals surface area contributed by atoms with E-state index in [2.05, 4.69) is 23.8 Å². The van der Waals surface area contributed by atoms with Crippen LogP contribution in [0.5, 0.6) is 0 Å². The lowest BCUT2D eigenvalue weighted by Gasteiger charge is -2.35. The second kappa shape index (κ2) is 6.57. The van der Waals surface area contributed by atoms with Crippen LogP contribution in [0.2, 0.25) is 0 Å². The molecular weight excluding hydrogens is 294 g/mol. The summed E-state index contributed by atoms with van der Waals surface area (Å²) in [6, 6.07) is 5.78. The van der Waals surface area contributed by atoms with Gasteiger partial charge in [-0.2, -0.15) is 0 Å². The number of rotatable bonds is 3. The van der Waals surface area contributed by atoms with Crippen LogP contribution in [0.1, 0.15) is 26.0 Å². The van der Waals surface area contributed by atoms with E-state index in [1.165, 1.54) is 6.42 Å². The molecule has 0 saturated carbocycles. The first kappa shape index (κ1) is 15.2. The van der Waals surface area contributed by atoms with Gasteiger partial charge in [-0.05, 0) is 30.4 Å². The lowest BCUT2D eigenvalue weighted by molar-refractivity contribution is -0.133. The fraction of sp³-hybridized carbons (Fsp3) is 0.471. The molecule has 0 aliphatic carbocycles. The lowest BCUT2D eigenvalue weighted by Crippen LogP contribution is -2.43. The molecule has 2 atom stereocenters. The Balaban J connectivity index is 1.66. The van der Waals surface area contributed by atoms with Gasteiger partial charge in [0.1, 0.15) is 5.01 Å². The maximum Gasteiger partial charge on any atom is 0.228 e. The van der Waals surface area contributed by atoms with Crippen molar-refractivity contribution in [3.05, 3.63) is 35.5 Å². The molecule has 0 N–H and O–H groups in total. The molecule has 5 heteroatoms. The number of thiazole rings is 1. The first-order valence-corrected chi connectivity index (χ1v) is 8.63. The number of aromatic nitrogens is 2. The normalized spacial score (nSPS) is 21.8. The van der Waals surface area contributed by atoms with Crippen LogP contribution in [0.3, 0.4) is 0 Å². The van der Waals surface area contributed by atoms with Gasteiger partial charge >= 0.3 is 0 Å². The SMILES string of the molecule is C[C@@H]1C[C@H](C)CN(C(=O)Cc2csc(-c3ccccn3)n2)C1. The van der Waals surface area contributed by atoms with Crippen molar-refractivity contribution in [2.24, 2.45) is 11.8 Å². The summed E-state index contributed by atoms with van der Waals surface area (Å²) in [6.45, 7) is 6.19. The molecule has 0 radical (unpaired) electrons. The van der Waals surface area contributed by atoms with E-state index >= 15 is 0 Å². The van der Waals surface area contributed by atoms with Gasteiger partial charge in [0, 0.05) is 24.7 Å². The van der Waals surface area contributed by atoms with Gasteiger partial charge < -0.3 is 4.90 Å². The van der Waals surface area contributed by atoms with Crippen molar-refractivity contribution in [2.45, 2.75) is 26.7 Å². The van der Waals surface area contributed by atoms with Gasteiger partial charge in [0.05, 0.1) is 17.8 Å².